The zero-order chi connectivity index (χ0) is 16.8. The number of nitrogens with zero attached hydrogens (tertiary/aromatic N) is 1. The number of carbonyl (C=O) groups is 2. The van der Waals surface area contributed by atoms with E-state index in [4.69, 9.17) is 22.1 Å². The maximum absolute atomic E-state index is 12.6. The van der Waals surface area contributed by atoms with Crippen LogP contribution in [-0.2, 0) is 11.3 Å². The van der Waals surface area contributed by atoms with Crippen molar-refractivity contribution in [3.63, 3.8) is 0 Å². The first kappa shape index (κ1) is 16.8. The molecule has 23 heavy (non-hydrogen) atoms. The van der Waals surface area contributed by atoms with Crippen LogP contribution in [0.15, 0.2) is 48.5 Å². The van der Waals surface area contributed by atoms with E-state index in [0.29, 0.717) is 22.9 Å². The maximum atomic E-state index is 12.6. The average Bonchev–Trinajstić information content (AvgIpc) is 2.54. The predicted molar refractivity (Wildman–Crippen MR) is 88.4 cm³/mol. The Morgan fingerprint density at radius 1 is 1.13 bits per heavy atom. The van der Waals surface area contributed by atoms with Gasteiger partial charge in [0.15, 0.2) is 6.61 Å². The lowest BCUT2D eigenvalue weighted by Crippen LogP contribution is -2.27. The highest BCUT2D eigenvalue weighted by Gasteiger charge is 2.17. The number of para-hydroxylation sites is 1. The van der Waals surface area contributed by atoms with Crippen molar-refractivity contribution < 1.29 is 14.3 Å². The zero-order valence-corrected chi connectivity index (χ0v) is 13.4. The molecule has 0 heterocycles. The van der Waals surface area contributed by atoms with Gasteiger partial charge in [0, 0.05) is 18.6 Å². The van der Waals surface area contributed by atoms with E-state index in [1.54, 1.807) is 37.4 Å². The van der Waals surface area contributed by atoms with E-state index in [9.17, 15) is 9.59 Å². The van der Waals surface area contributed by atoms with Crippen LogP contribution in [0.25, 0.3) is 0 Å². The van der Waals surface area contributed by atoms with E-state index in [0.717, 1.165) is 5.56 Å². The van der Waals surface area contributed by atoms with Crippen molar-refractivity contribution in [3.8, 4) is 5.75 Å². The Hall–Kier alpha value is -2.53. The fourth-order valence-electron chi connectivity index (χ4n) is 2.08. The number of halogens is 1. The third-order valence-electron chi connectivity index (χ3n) is 3.20. The summed E-state index contributed by atoms with van der Waals surface area (Å²) in [5, 5.41) is 0.602. The van der Waals surface area contributed by atoms with Crippen LogP contribution >= 0.6 is 11.6 Å². The van der Waals surface area contributed by atoms with Crippen molar-refractivity contribution in [2.24, 2.45) is 5.73 Å². The van der Waals surface area contributed by atoms with Crippen molar-refractivity contribution in [2.75, 3.05) is 13.7 Å². The third kappa shape index (κ3) is 4.47. The smallest absolute Gasteiger partial charge is 0.257 e. The quantitative estimate of drug-likeness (QED) is 0.883. The molecule has 120 valence electrons. The Bertz CT molecular complexity index is 718. The second kappa shape index (κ2) is 7.65. The second-order valence-corrected chi connectivity index (χ2v) is 5.41. The van der Waals surface area contributed by atoms with Gasteiger partial charge in [0.1, 0.15) is 5.75 Å². The van der Waals surface area contributed by atoms with Gasteiger partial charge in [-0.15, -0.1) is 0 Å². The van der Waals surface area contributed by atoms with Gasteiger partial charge in [-0.05, 0) is 23.8 Å². The Kier molecular flexibility index (Phi) is 5.60. The highest BCUT2D eigenvalue weighted by atomic mass is 35.5. The number of ether oxygens (including phenoxy) is 1. The summed E-state index contributed by atoms with van der Waals surface area (Å²) >= 11 is 6.12. The van der Waals surface area contributed by atoms with E-state index < -0.39 is 5.91 Å². The highest BCUT2D eigenvalue weighted by molar-refractivity contribution is 6.31. The van der Waals surface area contributed by atoms with Crippen molar-refractivity contribution in [2.45, 2.75) is 6.54 Å². The summed E-state index contributed by atoms with van der Waals surface area (Å²) in [5.74, 6) is -0.510. The minimum atomic E-state index is -0.600. The molecule has 0 bridgehead atoms. The largest absolute Gasteiger partial charge is 0.483 e. The molecule has 0 fully saturated rings. The van der Waals surface area contributed by atoms with E-state index in [1.807, 2.05) is 18.2 Å². The van der Waals surface area contributed by atoms with Crippen LogP contribution in [0.5, 0.6) is 5.75 Å². The third-order valence-corrected chi connectivity index (χ3v) is 3.57. The van der Waals surface area contributed by atoms with Crippen LogP contribution in [0, 0.1) is 0 Å². The Morgan fingerprint density at radius 3 is 2.48 bits per heavy atom. The lowest BCUT2D eigenvalue weighted by molar-refractivity contribution is -0.119. The van der Waals surface area contributed by atoms with Gasteiger partial charge in [-0.2, -0.15) is 0 Å². The van der Waals surface area contributed by atoms with Crippen LogP contribution in [0.4, 0.5) is 0 Å². The first-order valence-electron chi connectivity index (χ1n) is 6.98. The predicted octanol–water partition coefficient (Wildman–Crippen LogP) is 2.48. The van der Waals surface area contributed by atoms with Crippen molar-refractivity contribution in [3.05, 3.63) is 64.7 Å². The van der Waals surface area contributed by atoms with Crippen LogP contribution < -0.4 is 10.5 Å². The summed E-state index contributed by atoms with van der Waals surface area (Å²) in [4.78, 5) is 25.0. The first-order valence-corrected chi connectivity index (χ1v) is 7.36. The minimum Gasteiger partial charge on any atom is -0.483 e. The zero-order valence-electron chi connectivity index (χ0n) is 12.7. The summed E-state index contributed by atoms with van der Waals surface area (Å²) in [6.45, 7) is 0.0845. The molecular weight excluding hydrogens is 316 g/mol. The van der Waals surface area contributed by atoms with Gasteiger partial charge in [0.05, 0.1) is 5.56 Å². The van der Waals surface area contributed by atoms with Crippen molar-refractivity contribution >= 4 is 23.4 Å². The monoisotopic (exact) mass is 332 g/mol. The van der Waals surface area contributed by atoms with Gasteiger partial charge < -0.3 is 15.4 Å². The molecule has 0 aliphatic carbocycles. The van der Waals surface area contributed by atoms with Gasteiger partial charge in [-0.1, -0.05) is 41.9 Å². The maximum Gasteiger partial charge on any atom is 0.257 e. The lowest BCUT2D eigenvalue weighted by atomic mass is 10.1. The van der Waals surface area contributed by atoms with Gasteiger partial charge in [-0.3, -0.25) is 9.59 Å². The number of nitrogens with two attached hydrogens (primary N) is 1. The SMILES string of the molecule is CN(Cc1ccccc1Cl)C(=O)c1ccccc1OCC(N)=O. The van der Waals surface area contributed by atoms with Crippen LogP contribution in [-0.4, -0.2) is 30.4 Å². The van der Waals surface area contributed by atoms with Gasteiger partial charge in [0.2, 0.25) is 0 Å². The van der Waals surface area contributed by atoms with Crippen LogP contribution in [0.2, 0.25) is 5.02 Å². The summed E-state index contributed by atoms with van der Waals surface area (Å²) in [6.07, 6.45) is 0. The average molecular weight is 333 g/mol. The molecule has 2 N–H and O–H groups in total. The van der Waals surface area contributed by atoms with E-state index >= 15 is 0 Å². The van der Waals surface area contributed by atoms with E-state index in [-0.39, 0.29) is 12.5 Å². The molecule has 0 radical (unpaired) electrons. The Morgan fingerprint density at radius 2 is 1.78 bits per heavy atom. The molecule has 0 unspecified atom stereocenters. The Labute approximate surface area is 139 Å². The number of amides is 2. The van der Waals surface area contributed by atoms with Crippen LogP contribution in [0.3, 0.4) is 0 Å². The number of hydrogen-bond donors (Lipinski definition) is 1. The van der Waals surface area contributed by atoms with Gasteiger partial charge >= 0.3 is 0 Å². The van der Waals surface area contributed by atoms with Crippen molar-refractivity contribution in [1.29, 1.82) is 0 Å². The first-order chi connectivity index (χ1) is 11.0. The van der Waals surface area contributed by atoms with E-state index in [2.05, 4.69) is 0 Å². The number of hydrogen-bond acceptors (Lipinski definition) is 3. The molecule has 0 aromatic heterocycles. The normalized spacial score (nSPS) is 10.2. The number of benzene rings is 2. The van der Waals surface area contributed by atoms with E-state index in [1.165, 1.54) is 4.90 Å². The molecule has 2 aromatic carbocycles. The fourth-order valence-corrected chi connectivity index (χ4v) is 2.27. The number of rotatable bonds is 6. The summed E-state index contributed by atoms with van der Waals surface area (Å²) in [5.41, 5.74) is 6.28. The summed E-state index contributed by atoms with van der Waals surface area (Å²) < 4.78 is 5.30. The number of carbonyl (C=O) groups excluding carboxylic acids is 2. The molecule has 0 atom stereocenters. The standard InChI is InChI=1S/C17H17ClN2O3/c1-20(10-12-6-2-4-8-14(12)18)17(22)13-7-3-5-9-15(13)23-11-16(19)21/h2-9H,10-11H2,1H3,(H2,19,21). The number of primary amides is 1. The molecule has 5 nitrogen and oxygen atoms in total. The molecule has 2 rings (SSSR count). The highest BCUT2D eigenvalue weighted by Crippen LogP contribution is 2.22. The fraction of sp³-hybridized carbons (Fsp3) is 0.176. The molecule has 2 amide bonds. The molecule has 0 aliphatic rings. The molecule has 0 saturated carbocycles. The summed E-state index contributed by atoms with van der Waals surface area (Å²) in [7, 11) is 1.68. The van der Waals surface area contributed by atoms with Crippen LogP contribution in [0.1, 0.15) is 15.9 Å². The topological polar surface area (TPSA) is 72.6 Å². The Balaban J connectivity index is 2.16. The van der Waals surface area contributed by atoms with Gasteiger partial charge in [-0.25, -0.2) is 0 Å². The molecule has 0 spiro atoms. The van der Waals surface area contributed by atoms with Crippen molar-refractivity contribution in [1.82, 2.24) is 4.90 Å². The molecule has 0 saturated heterocycles. The molecule has 2 aromatic rings. The molecule has 0 aliphatic heterocycles. The lowest BCUT2D eigenvalue weighted by Gasteiger charge is -2.19. The minimum absolute atomic E-state index is 0.231. The molecular formula is C17H17ClN2O3. The second-order valence-electron chi connectivity index (χ2n) is 5.00. The summed E-state index contributed by atoms with van der Waals surface area (Å²) in [6, 6.07) is 14.1. The molecule has 6 heteroatoms. The van der Waals surface area contributed by atoms with Gasteiger partial charge in [0.25, 0.3) is 11.8 Å².